The Bertz CT molecular complexity index is 698. The van der Waals surface area contributed by atoms with Crippen molar-refractivity contribution in [3.63, 3.8) is 0 Å². The zero-order valence-corrected chi connectivity index (χ0v) is 14.1. The van der Waals surface area contributed by atoms with Crippen molar-refractivity contribution in [3.05, 3.63) is 28.2 Å². The van der Waals surface area contributed by atoms with Crippen LogP contribution in [0.1, 0.15) is 37.6 Å². The molecule has 1 aromatic heterocycles. The van der Waals surface area contributed by atoms with Crippen LogP contribution in [-0.4, -0.2) is 16.4 Å². The maximum atomic E-state index is 12.4. The van der Waals surface area contributed by atoms with Gasteiger partial charge in [0.1, 0.15) is 5.01 Å². The van der Waals surface area contributed by atoms with E-state index in [9.17, 15) is 4.79 Å². The number of carbonyl (C=O) groups excluding carboxylic acids is 1. The van der Waals surface area contributed by atoms with Crippen molar-refractivity contribution < 1.29 is 4.79 Å². The van der Waals surface area contributed by atoms with Gasteiger partial charge in [-0.1, -0.05) is 24.4 Å². The van der Waals surface area contributed by atoms with Crippen molar-refractivity contribution in [2.24, 2.45) is 11.7 Å². The standard InChI is InChI=1S/C16H20ClN3OS/c1-16(18)7-3-2-4-11(16)15(21)19-9-14-20-12-8-10(17)5-6-13(12)22-14/h5-6,8,11H,2-4,7,9,18H2,1H3,(H,19,21). The maximum Gasteiger partial charge on any atom is 0.225 e. The zero-order valence-electron chi connectivity index (χ0n) is 12.6. The van der Waals surface area contributed by atoms with Gasteiger partial charge in [-0.3, -0.25) is 4.79 Å². The van der Waals surface area contributed by atoms with Crippen molar-refractivity contribution in [2.75, 3.05) is 0 Å². The first kappa shape index (κ1) is 15.7. The average molecular weight is 338 g/mol. The molecule has 2 atom stereocenters. The molecule has 1 amide bonds. The Hall–Kier alpha value is -1.17. The molecule has 3 N–H and O–H groups in total. The highest BCUT2D eigenvalue weighted by atomic mass is 35.5. The molecule has 2 unspecified atom stereocenters. The molecular formula is C16H20ClN3OS. The molecule has 6 heteroatoms. The number of fused-ring (bicyclic) bond motifs is 1. The molecule has 0 aliphatic heterocycles. The van der Waals surface area contributed by atoms with Crippen LogP contribution < -0.4 is 11.1 Å². The Labute approximate surface area is 139 Å². The van der Waals surface area contributed by atoms with Gasteiger partial charge in [-0.25, -0.2) is 4.98 Å². The number of carbonyl (C=O) groups is 1. The number of hydrogen-bond donors (Lipinski definition) is 2. The molecule has 118 valence electrons. The summed E-state index contributed by atoms with van der Waals surface area (Å²) in [6, 6.07) is 5.65. The summed E-state index contributed by atoms with van der Waals surface area (Å²) >= 11 is 7.55. The minimum atomic E-state index is -0.399. The molecule has 2 aromatic rings. The summed E-state index contributed by atoms with van der Waals surface area (Å²) in [7, 11) is 0. The van der Waals surface area contributed by atoms with E-state index in [0.717, 1.165) is 40.9 Å². The number of nitrogens with two attached hydrogens (primary N) is 1. The van der Waals surface area contributed by atoms with Crippen LogP contribution in [0.25, 0.3) is 10.2 Å². The number of benzene rings is 1. The smallest absolute Gasteiger partial charge is 0.225 e. The Balaban J connectivity index is 1.66. The van der Waals surface area contributed by atoms with Crippen molar-refractivity contribution in [3.8, 4) is 0 Å². The number of thiazole rings is 1. The van der Waals surface area contributed by atoms with Gasteiger partial charge in [0.25, 0.3) is 0 Å². The fraction of sp³-hybridized carbons (Fsp3) is 0.500. The SMILES string of the molecule is CC1(N)CCCCC1C(=O)NCc1nc2cc(Cl)ccc2s1. The van der Waals surface area contributed by atoms with E-state index in [0.29, 0.717) is 11.6 Å². The van der Waals surface area contributed by atoms with Gasteiger partial charge in [-0.2, -0.15) is 0 Å². The van der Waals surface area contributed by atoms with E-state index in [-0.39, 0.29) is 11.8 Å². The quantitative estimate of drug-likeness (QED) is 0.901. The van der Waals surface area contributed by atoms with E-state index in [1.165, 1.54) is 0 Å². The molecule has 0 radical (unpaired) electrons. The molecule has 1 aliphatic carbocycles. The van der Waals surface area contributed by atoms with Crippen LogP contribution in [0.5, 0.6) is 0 Å². The second kappa shape index (κ2) is 6.14. The Morgan fingerprint density at radius 1 is 1.55 bits per heavy atom. The summed E-state index contributed by atoms with van der Waals surface area (Å²) in [6.07, 6.45) is 3.96. The van der Waals surface area contributed by atoms with Crippen LogP contribution in [0, 0.1) is 5.92 Å². The van der Waals surface area contributed by atoms with Gasteiger partial charge in [0, 0.05) is 10.6 Å². The minimum absolute atomic E-state index is 0.0435. The molecule has 0 spiro atoms. The summed E-state index contributed by atoms with van der Waals surface area (Å²) < 4.78 is 1.08. The number of rotatable bonds is 3. The van der Waals surface area contributed by atoms with Gasteiger partial charge < -0.3 is 11.1 Å². The first-order chi connectivity index (χ1) is 10.5. The summed E-state index contributed by atoms with van der Waals surface area (Å²) in [4.78, 5) is 16.9. The highest BCUT2D eigenvalue weighted by molar-refractivity contribution is 7.18. The molecule has 22 heavy (non-hydrogen) atoms. The summed E-state index contributed by atoms with van der Waals surface area (Å²) in [5.74, 6) is -0.0629. The number of nitrogens with one attached hydrogen (secondary N) is 1. The third-order valence-corrected chi connectivity index (χ3v) is 5.65. The predicted molar refractivity (Wildman–Crippen MR) is 91.0 cm³/mol. The molecule has 0 saturated heterocycles. The van der Waals surface area contributed by atoms with Gasteiger partial charge >= 0.3 is 0 Å². The first-order valence-electron chi connectivity index (χ1n) is 7.57. The highest BCUT2D eigenvalue weighted by Gasteiger charge is 2.37. The van der Waals surface area contributed by atoms with Gasteiger partial charge in [0.15, 0.2) is 0 Å². The second-order valence-electron chi connectivity index (χ2n) is 6.24. The van der Waals surface area contributed by atoms with Crippen molar-refractivity contribution in [1.82, 2.24) is 10.3 Å². The third-order valence-electron chi connectivity index (χ3n) is 4.38. The van der Waals surface area contributed by atoms with Gasteiger partial charge in [0.05, 0.1) is 22.7 Å². The summed E-state index contributed by atoms with van der Waals surface area (Å²) in [6.45, 7) is 2.43. The van der Waals surface area contributed by atoms with Gasteiger partial charge in [-0.15, -0.1) is 11.3 Å². The first-order valence-corrected chi connectivity index (χ1v) is 8.77. The number of halogens is 1. The van der Waals surface area contributed by atoms with Crippen molar-refractivity contribution in [1.29, 1.82) is 0 Å². The normalized spacial score (nSPS) is 25.3. The molecule has 0 bridgehead atoms. The van der Waals surface area contributed by atoms with Gasteiger partial charge in [0.2, 0.25) is 5.91 Å². The maximum absolute atomic E-state index is 12.4. The molecule has 1 fully saturated rings. The summed E-state index contributed by atoms with van der Waals surface area (Å²) in [5.41, 5.74) is 6.76. The lowest BCUT2D eigenvalue weighted by Gasteiger charge is -2.37. The molecule has 4 nitrogen and oxygen atoms in total. The molecule has 1 aliphatic rings. The molecule has 3 rings (SSSR count). The number of aromatic nitrogens is 1. The largest absolute Gasteiger partial charge is 0.349 e. The van der Waals surface area contributed by atoms with Gasteiger partial charge in [-0.05, 0) is 38.0 Å². The van der Waals surface area contributed by atoms with E-state index >= 15 is 0 Å². The number of hydrogen-bond acceptors (Lipinski definition) is 4. The number of nitrogens with zero attached hydrogens (tertiary/aromatic N) is 1. The highest BCUT2D eigenvalue weighted by Crippen LogP contribution is 2.32. The second-order valence-corrected chi connectivity index (χ2v) is 7.79. The van der Waals surface area contributed by atoms with Crippen LogP contribution in [0.15, 0.2) is 18.2 Å². The summed E-state index contributed by atoms with van der Waals surface area (Å²) in [5, 5.41) is 4.56. The molecule has 1 heterocycles. The third kappa shape index (κ3) is 3.26. The van der Waals surface area contributed by atoms with Crippen LogP contribution in [0.3, 0.4) is 0 Å². The Kier molecular flexibility index (Phi) is 4.39. The van der Waals surface area contributed by atoms with E-state index in [1.807, 2.05) is 25.1 Å². The van der Waals surface area contributed by atoms with E-state index in [2.05, 4.69) is 10.3 Å². The van der Waals surface area contributed by atoms with Crippen LogP contribution in [0.2, 0.25) is 5.02 Å². The fourth-order valence-corrected chi connectivity index (χ4v) is 4.15. The van der Waals surface area contributed by atoms with E-state index in [1.54, 1.807) is 11.3 Å². The number of amides is 1. The Morgan fingerprint density at radius 3 is 3.14 bits per heavy atom. The van der Waals surface area contributed by atoms with Crippen LogP contribution in [0.4, 0.5) is 0 Å². The zero-order chi connectivity index (χ0) is 15.7. The lowest BCUT2D eigenvalue weighted by Crippen LogP contribution is -2.52. The predicted octanol–water partition coefficient (Wildman–Crippen LogP) is 3.47. The topological polar surface area (TPSA) is 68.0 Å². The minimum Gasteiger partial charge on any atom is -0.349 e. The lowest BCUT2D eigenvalue weighted by molar-refractivity contribution is -0.128. The molecule has 1 saturated carbocycles. The molecule has 1 aromatic carbocycles. The van der Waals surface area contributed by atoms with E-state index < -0.39 is 5.54 Å². The van der Waals surface area contributed by atoms with E-state index in [4.69, 9.17) is 17.3 Å². The van der Waals surface area contributed by atoms with Crippen LogP contribution in [-0.2, 0) is 11.3 Å². The van der Waals surface area contributed by atoms with Crippen molar-refractivity contribution >= 4 is 39.1 Å². The lowest BCUT2D eigenvalue weighted by atomic mass is 9.74. The Morgan fingerprint density at radius 2 is 2.36 bits per heavy atom. The fourth-order valence-electron chi connectivity index (χ4n) is 3.10. The van der Waals surface area contributed by atoms with Crippen LogP contribution >= 0.6 is 22.9 Å². The molecular weight excluding hydrogens is 318 g/mol. The monoisotopic (exact) mass is 337 g/mol. The van der Waals surface area contributed by atoms with Crippen molar-refractivity contribution in [2.45, 2.75) is 44.7 Å². The average Bonchev–Trinajstić information content (AvgIpc) is 2.86.